The van der Waals surface area contributed by atoms with Crippen molar-refractivity contribution in [3.63, 3.8) is 0 Å². The van der Waals surface area contributed by atoms with Crippen LogP contribution in [0.15, 0.2) is 18.3 Å². The summed E-state index contributed by atoms with van der Waals surface area (Å²) in [6, 6.07) is 4.11. The highest BCUT2D eigenvalue weighted by Crippen LogP contribution is 2.21. The predicted octanol–water partition coefficient (Wildman–Crippen LogP) is 2.18. The molecule has 1 N–H and O–H groups in total. The van der Waals surface area contributed by atoms with Crippen molar-refractivity contribution in [1.29, 1.82) is 0 Å². The van der Waals surface area contributed by atoms with Crippen LogP contribution in [-0.2, 0) is 4.74 Å². The smallest absolute Gasteiger partial charge is 0.356 e. The molecule has 2 rings (SSSR count). The first-order valence-corrected chi connectivity index (χ1v) is 6.83. The first kappa shape index (κ1) is 12.2. The summed E-state index contributed by atoms with van der Waals surface area (Å²) in [4.78, 5) is 15.3. The Morgan fingerprint density at radius 2 is 2.53 bits per heavy atom. The molecule has 1 aromatic heterocycles. The number of carbonyl (C=O) groups is 1. The number of nitrogens with zero attached hydrogens (tertiary/aromatic N) is 1. The molecule has 0 spiro atoms. The molecule has 2 heterocycles. The summed E-state index contributed by atoms with van der Waals surface area (Å²) in [7, 11) is 1.36. The number of aromatic nitrogens is 1. The number of esters is 1. The van der Waals surface area contributed by atoms with Gasteiger partial charge in [-0.1, -0.05) is 0 Å². The lowest BCUT2D eigenvalue weighted by molar-refractivity contribution is 0.0594. The zero-order chi connectivity index (χ0) is 12.1. The first-order chi connectivity index (χ1) is 8.29. The van der Waals surface area contributed by atoms with E-state index in [1.54, 1.807) is 12.3 Å². The summed E-state index contributed by atoms with van der Waals surface area (Å²) < 4.78 is 4.65. The van der Waals surface area contributed by atoms with Crippen molar-refractivity contribution >= 4 is 23.4 Å². The molecule has 1 aliphatic heterocycles. The minimum Gasteiger partial charge on any atom is -0.464 e. The van der Waals surface area contributed by atoms with E-state index in [-0.39, 0.29) is 0 Å². The van der Waals surface area contributed by atoms with Gasteiger partial charge in [-0.25, -0.2) is 9.78 Å². The number of thioether (sulfide) groups is 1. The maximum Gasteiger partial charge on any atom is 0.356 e. The third-order valence-corrected chi connectivity index (χ3v) is 3.90. The third-order valence-electron chi connectivity index (χ3n) is 2.69. The van der Waals surface area contributed by atoms with Gasteiger partial charge in [0.05, 0.1) is 7.11 Å². The van der Waals surface area contributed by atoms with E-state index in [4.69, 9.17) is 0 Å². The molecule has 0 aliphatic carbocycles. The van der Waals surface area contributed by atoms with Crippen LogP contribution >= 0.6 is 11.8 Å². The first-order valence-electron chi connectivity index (χ1n) is 5.68. The van der Waals surface area contributed by atoms with Gasteiger partial charge >= 0.3 is 5.97 Å². The molecule has 17 heavy (non-hydrogen) atoms. The number of anilines is 1. The van der Waals surface area contributed by atoms with E-state index in [2.05, 4.69) is 15.0 Å². The number of nitrogens with one attached hydrogen (secondary N) is 1. The van der Waals surface area contributed by atoms with Crippen molar-refractivity contribution in [3.05, 3.63) is 24.0 Å². The van der Waals surface area contributed by atoms with Crippen LogP contribution in [0.1, 0.15) is 23.3 Å². The Kier molecular flexibility index (Phi) is 4.25. The standard InChI is InChI=1S/C12H16N2O2S/c1-16-12(15)11-7-9(4-5-13-11)14-10-3-2-6-17-8-10/h4-5,7,10H,2-3,6,8H2,1H3,(H,13,14). The topological polar surface area (TPSA) is 51.2 Å². The van der Waals surface area contributed by atoms with Gasteiger partial charge < -0.3 is 10.1 Å². The molecule has 1 unspecified atom stereocenters. The molecule has 1 aromatic rings. The SMILES string of the molecule is COC(=O)c1cc(NC2CCCSC2)ccn1. The Labute approximate surface area is 105 Å². The fourth-order valence-corrected chi connectivity index (χ4v) is 2.90. The van der Waals surface area contributed by atoms with E-state index < -0.39 is 5.97 Å². The third kappa shape index (κ3) is 3.36. The average Bonchev–Trinajstić information content (AvgIpc) is 2.39. The van der Waals surface area contributed by atoms with E-state index in [1.165, 1.54) is 25.7 Å². The number of ether oxygens (including phenoxy) is 1. The molecule has 0 aromatic carbocycles. The summed E-state index contributed by atoms with van der Waals surface area (Å²) >= 11 is 1.97. The highest BCUT2D eigenvalue weighted by molar-refractivity contribution is 7.99. The molecule has 4 nitrogen and oxygen atoms in total. The molecule has 0 bridgehead atoms. The van der Waals surface area contributed by atoms with Gasteiger partial charge in [-0.05, 0) is 30.7 Å². The molecular weight excluding hydrogens is 236 g/mol. The van der Waals surface area contributed by atoms with Crippen LogP contribution < -0.4 is 5.32 Å². The Balaban J connectivity index is 2.02. The molecule has 92 valence electrons. The van der Waals surface area contributed by atoms with Crippen LogP contribution in [0, 0.1) is 0 Å². The average molecular weight is 252 g/mol. The second kappa shape index (κ2) is 5.91. The van der Waals surface area contributed by atoms with Crippen LogP contribution in [0.5, 0.6) is 0 Å². The lowest BCUT2D eigenvalue weighted by atomic mass is 10.2. The van der Waals surface area contributed by atoms with Crippen molar-refractivity contribution in [1.82, 2.24) is 4.98 Å². The Morgan fingerprint density at radius 1 is 1.65 bits per heavy atom. The highest BCUT2D eigenvalue weighted by Gasteiger charge is 2.14. The van der Waals surface area contributed by atoms with E-state index in [0.717, 1.165) is 11.4 Å². The summed E-state index contributed by atoms with van der Waals surface area (Å²) in [5.41, 5.74) is 1.29. The summed E-state index contributed by atoms with van der Waals surface area (Å²) in [6.07, 6.45) is 4.06. The molecule has 1 saturated heterocycles. The quantitative estimate of drug-likeness (QED) is 0.836. The fourth-order valence-electron chi connectivity index (χ4n) is 1.83. The van der Waals surface area contributed by atoms with Crippen LogP contribution in [0.3, 0.4) is 0 Å². The molecular formula is C12H16N2O2S. The second-order valence-corrected chi connectivity index (χ2v) is 5.13. The van der Waals surface area contributed by atoms with Gasteiger partial charge in [0.1, 0.15) is 5.69 Å². The van der Waals surface area contributed by atoms with Crippen molar-refractivity contribution in [2.75, 3.05) is 23.9 Å². The Hall–Kier alpha value is -1.23. The zero-order valence-corrected chi connectivity index (χ0v) is 10.6. The van der Waals surface area contributed by atoms with Gasteiger partial charge in [0.2, 0.25) is 0 Å². The molecule has 1 aliphatic rings. The number of rotatable bonds is 3. The summed E-state index contributed by atoms with van der Waals surface area (Å²) in [5, 5.41) is 3.43. The maximum atomic E-state index is 11.3. The predicted molar refractivity (Wildman–Crippen MR) is 69.5 cm³/mol. The maximum absolute atomic E-state index is 11.3. The number of methoxy groups -OCH3 is 1. The van der Waals surface area contributed by atoms with Crippen molar-refractivity contribution in [2.45, 2.75) is 18.9 Å². The number of hydrogen-bond acceptors (Lipinski definition) is 5. The van der Waals surface area contributed by atoms with E-state index >= 15 is 0 Å². The van der Waals surface area contributed by atoms with Crippen molar-refractivity contribution < 1.29 is 9.53 Å². The monoisotopic (exact) mass is 252 g/mol. The molecule has 0 saturated carbocycles. The summed E-state index contributed by atoms with van der Waals surface area (Å²) in [5.74, 6) is 1.98. The minimum absolute atomic E-state index is 0.348. The van der Waals surface area contributed by atoms with Crippen molar-refractivity contribution in [3.8, 4) is 0 Å². The normalized spacial score (nSPS) is 19.7. The fraction of sp³-hybridized carbons (Fsp3) is 0.500. The van der Waals surface area contributed by atoms with Gasteiger partial charge in [0.15, 0.2) is 0 Å². The van der Waals surface area contributed by atoms with Crippen LogP contribution in [-0.4, -0.2) is 35.6 Å². The molecule has 0 radical (unpaired) electrons. The number of carbonyl (C=O) groups excluding carboxylic acids is 1. The zero-order valence-electron chi connectivity index (χ0n) is 9.81. The second-order valence-electron chi connectivity index (χ2n) is 3.98. The van der Waals surface area contributed by atoms with Gasteiger partial charge in [0.25, 0.3) is 0 Å². The van der Waals surface area contributed by atoms with Crippen LogP contribution in [0.4, 0.5) is 5.69 Å². The highest BCUT2D eigenvalue weighted by atomic mass is 32.2. The summed E-state index contributed by atoms with van der Waals surface area (Å²) in [6.45, 7) is 0. The van der Waals surface area contributed by atoms with Crippen molar-refractivity contribution in [2.24, 2.45) is 0 Å². The van der Waals surface area contributed by atoms with Gasteiger partial charge in [-0.15, -0.1) is 0 Å². The van der Waals surface area contributed by atoms with E-state index in [1.807, 2.05) is 17.8 Å². The number of hydrogen-bond donors (Lipinski definition) is 1. The Bertz CT molecular complexity index is 392. The van der Waals surface area contributed by atoms with Gasteiger partial charge in [0, 0.05) is 23.7 Å². The lowest BCUT2D eigenvalue weighted by Gasteiger charge is -2.23. The molecule has 0 amide bonds. The van der Waals surface area contributed by atoms with Crippen LogP contribution in [0.2, 0.25) is 0 Å². The lowest BCUT2D eigenvalue weighted by Crippen LogP contribution is -2.25. The van der Waals surface area contributed by atoms with Gasteiger partial charge in [-0.2, -0.15) is 11.8 Å². The largest absolute Gasteiger partial charge is 0.464 e. The van der Waals surface area contributed by atoms with Gasteiger partial charge in [-0.3, -0.25) is 0 Å². The molecule has 1 fully saturated rings. The van der Waals surface area contributed by atoms with E-state index in [9.17, 15) is 4.79 Å². The molecule has 5 heteroatoms. The van der Waals surface area contributed by atoms with Crippen LogP contribution in [0.25, 0.3) is 0 Å². The molecule has 1 atom stereocenters. The Morgan fingerprint density at radius 3 is 3.24 bits per heavy atom. The number of pyridine rings is 1. The minimum atomic E-state index is -0.397. The van der Waals surface area contributed by atoms with E-state index in [0.29, 0.717) is 11.7 Å².